The van der Waals surface area contributed by atoms with Crippen LogP contribution >= 0.6 is 0 Å². The van der Waals surface area contributed by atoms with E-state index in [0.717, 1.165) is 37.0 Å². The second kappa shape index (κ2) is 9.76. The molecule has 0 amide bonds. The van der Waals surface area contributed by atoms with Gasteiger partial charge in [-0.2, -0.15) is 21.6 Å². The molecular formula is C26H25F5O3S. The van der Waals surface area contributed by atoms with Crippen molar-refractivity contribution in [1.82, 2.24) is 0 Å². The molecule has 1 saturated carbocycles. The minimum atomic E-state index is -6.09. The van der Waals surface area contributed by atoms with Gasteiger partial charge in [-0.25, -0.2) is 8.78 Å². The molecule has 0 radical (unpaired) electrons. The highest BCUT2D eigenvalue weighted by atomic mass is 32.2. The lowest BCUT2D eigenvalue weighted by Gasteiger charge is -2.28. The van der Waals surface area contributed by atoms with E-state index in [4.69, 9.17) is 0 Å². The van der Waals surface area contributed by atoms with Crippen LogP contribution in [0.4, 0.5) is 22.0 Å². The molecular weight excluding hydrogens is 487 g/mol. The molecule has 4 rings (SSSR count). The first-order valence-corrected chi connectivity index (χ1v) is 12.9. The molecule has 3 aromatic carbocycles. The van der Waals surface area contributed by atoms with E-state index in [1.54, 1.807) is 0 Å². The Morgan fingerprint density at radius 2 is 1.57 bits per heavy atom. The molecule has 0 spiro atoms. The Kier molecular flexibility index (Phi) is 7.09. The van der Waals surface area contributed by atoms with Crippen molar-refractivity contribution in [2.24, 2.45) is 5.92 Å². The van der Waals surface area contributed by atoms with Crippen LogP contribution in [0, 0.1) is 17.6 Å². The molecule has 0 N–H and O–H groups in total. The van der Waals surface area contributed by atoms with Crippen molar-refractivity contribution in [2.45, 2.75) is 56.9 Å². The molecule has 188 valence electrons. The van der Waals surface area contributed by atoms with Gasteiger partial charge in [0.1, 0.15) is 5.82 Å². The third-order valence-corrected chi connectivity index (χ3v) is 7.68. The van der Waals surface area contributed by atoms with E-state index in [0.29, 0.717) is 17.0 Å². The van der Waals surface area contributed by atoms with Gasteiger partial charge in [-0.05, 0) is 77.8 Å². The number of rotatable bonds is 6. The lowest BCUT2D eigenvalue weighted by molar-refractivity contribution is -0.0500. The molecule has 3 aromatic rings. The number of benzene rings is 3. The summed E-state index contributed by atoms with van der Waals surface area (Å²) in [6, 6.07) is 12.2. The highest BCUT2D eigenvalue weighted by Crippen LogP contribution is 2.39. The number of hydrogen-bond donors (Lipinski definition) is 0. The molecule has 3 nitrogen and oxygen atoms in total. The monoisotopic (exact) mass is 512 g/mol. The van der Waals surface area contributed by atoms with Crippen molar-refractivity contribution in [2.75, 3.05) is 0 Å². The zero-order valence-corrected chi connectivity index (χ0v) is 19.9. The van der Waals surface area contributed by atoms with Crippen molar-refractivity contribution in [1.29, 1.82) is 0 Å². The van der Waals surface area contributed by atoms with Gasteiger partial charge in [-0.1, -0.05) is 50.1 Å². The van der Waals surface area contributed by atoms with E-state index in [1.165, 1.54) is 37.3 Å². The summed E-state index contributed by atoms with van der Waals surface area (Å²) in [5.74, 6) is -2.49. The highest BCUT2D eigenvalue weighted by molar-refractivity contribution is 7.88. The van der Waals surface area contributed by atoms with Crippen LogP contribution in [0.3, 0.4) is 0 Å². The van der Waals surface area contributed by atoms with E-state index in [9.17, 15) is 30.4 Å². The second-order valence-electron chi connectivity index (χ2n) is 9.05. The lowest BCUT2D eigenvalue weighted by atomic mass is 9.77. The van der Waals surface area contributed by atoms with E-state index in [2.05, 4.69) is 11.1 Å². The van der Waals surface area contributed by atoms with Crippen LogP contribution in [0.5, 0.6) is 5.75 Å². The summed E-state index contributed by atoms with van der Waals surface area (Å²) in [5.41, 5.74) is -3.35. The average molecular weight is 513 g/mol. The summed E-state index contributed by atoms with van der Waals surface area (Å²) < 4.78 is 93.6. The Labute approximate surface area is 201 Å². The molecule has 0 heterocycles. The van der Waals surface area contributed by atoms with Crippen LogP contribution in [0.2, 0.25) is 0 Å². The Morgan fingerprint density at radius 3 is 2.17 bits per heavy atom. The molecule has 35 heavy (non-hydrogen) atoms. The van der Waals surface area contributed by atoms with Crippen LogP contribution in [-0.2, 0) is 10.1 Å². The maximum atomic E-state index is 14.8. The van der Waals surface area contributed by atoms with Gasteiger partial charge in [0.15, 0.2) is 11.6 Å². The zero-order valence-electron chi connectivity index (χ0n) is 19.0. The zero-order chi connectivity index (χ0) is 25.4. The molecule has 1 aliphatic carbocycles. The standard InChI is InChI=1S/C26H25F5O3S/c1-2-3-16-4-6-17(7-5-16)18-8-10-19(11-9-18)21-14-20-12-13-23(25(28)24(20)22(27)15-21)34-35(32,33)26(29,30)31/h8-17H,2-7H2,1H3. The fourth-order valence-electron chi connectivity index (χ4n) is 4.89. The summed E-state index contributed by atoms with van der Waals surface area (Å²) in [7, 11) is -6.09. The summed E-state index contributed by atoms with van der Waals surface area (Å²) in [4.78, 5) is 0. The first-order chi connectivity index (χ1) is 16.5. The molecule has 1 fully saturated rings. The molecule has 0 aliphatic heterocycles. The van der Waals surface area contributed by atoms with Crippen molar-refractivity contribution >= 4 is 20.9 Å². The molecule has 0 aromatic heterocycles. The van der Waals surface area contributed by atoms with E-state index in [-0.39, 0.29) is 5.39 Å². The Balaban J connectivity index is 1.58. The van der Waals surface area contributed by atoms with Gasteiger partial charge >= 0.3 is 15.6 Å². The van der Waals surface area contributed by atoms with E-state index in [1.807, 2.05) is 24.3 Å². The average Bonchev–Trinajstić information content (AvgIpc) is 2.81. The van der Waals surface area contributed by atoms with Crippen molar-refractivity contribution < 1.29 is 34.6 Å². The summed E-state index contributed by atoms with van der Waals surface area (Å²) in [5, 5.41) is -0.586. The van der Waals surface area contributed by atoms with Gasteiger partial charge in [0, 0.05) is 0 Å². The van der Waals surface area contributed by atoms with Gasteiger partial charge < -0.3 is 4.18 Å². The summed E-state index contributed by atoms with van der Waals surface area (Å²) in [6.07, 6.45) is 7.20. The third-order valence-electron chi connectivity index (χ3n) is 6.71. The number of alkyl halides is 3. The van der Waals surface area contributed by atoms with Crippen molar-refractivity contribution in [3.8, 4) is 16.9 Å². The van der Waals surface area contributed by atoms with Crippen LogP contribution < -0.4 is 4.18 Å². The van der Waals surface area contributed by atoms with Gasteiger partial charge in [0.05, 0.1) is 5.39 Å². The minimum Gasteiger partial charge on any atom is -0.373 e. The number of halogens is 5. The van der Waals surface area contributed by atoms with E-state index >= 15 is 0 Å². The maximum absolute atomic E-state index is 14.8. The first-order valence-electron chi connectivity index (χ1n) is 11.5. The van der Waals surface area contributed by atoms with Crippen molar-refractivity contribution in [3.63, 3.8) is 0 Å². The van der Waals surface area contributed by atoms with Gasteiger partial charge in [0.2, 0.25) is 0 Å². The lowest BCUT2D eigenvalue weighted by Crippen LogP contribution is -2.28. The largest absolute Gasteiger partial charge is 0.534 e. The van der Waals surface area contributed by atoms with Crippen LogP contribution in [0.15, 0.2) is 48.5 Å². The third kappa shape index (κ3) is 5.29. The van der Waals surface area contributed by atoms with Gasteiger partial charge in [0.25, 0.3) is 0 Å². The molecule has 0 unspecified atom stereocenters. The quantitative estimate of drug-likeness (QED) is 0.190. The second-order valence-corrected chi connectivity index (χ2v) is 10.6. The normalized spacial score (nSPS) is 19.1. The molecule has 0 atom stereocenters. The SMILES string of the molecule is CCCC1CCC(c2ccc(-c3cc(F)c4c(F)c(OS(=O)(=O)C(F)(F)F)ccc4c3)cc2)CC1. The predicted molar refractivity (Wildman–Crippen MR) is 125 cm³/mol. The first kappa shape index (κ1) is 25.4. The Bertz CT molecular complexity index is 1310. The topological polar surface area (TPSA) is 43.4 Å². The fourth-order valence-corrected chi connectivity index (χ4v) is 5.35. The highest BCUT2D eigenvalue weighted by Gasteiger charge is 2.49. The van der Waals surface area contributed by atoms with Gasteiger partial charge in [-0.3, -0.25) is 0 Å². The van der Waals surface area contributed by atoms with Gasteiger partial charge in [-0.15, -0.1) is 0 Å². The molecule has 1 aliphatic rings. The van der Waals surface area contributed by atoms with Crippen LogP contribution in [-0.4, -0.2) is 13.9 Å². The van der Waals surface area contributed by atoms with Crippen LogP contribution in [0.1, 0.15) is 56.9 Å². The Morgan fingerprint density at radius 1 is 0.914 bits per heavy atom. The minimum absolute atomic E-state index is 0.0626. The predicted octanol–water partition coefficient (Wildman–Crippen LogP) is 8.09. The maximum Gasteiger partial charge on any atom is 0.534 e. The van der Waals surface area contributed by atoms with Crippen LogP contribution in [0.25, 0.3) is 21.9 Å². The Hall–Kier alpha value is -2.68. The van der Waals surface area contributed by atoms with E-state index < -0.39 is 38.4 Å². The molecule has 0 saturated heterocycles. The summed E-state index contributed by atoms with van der Waals surface area (Å²) in [6.45, 7) is 2.21. The smallest absolute Gasteiger partial charge is 0.373 e. The molecule has 0 bridgehead atoms. The fraction of sp³-hybridized carbons (Fsp3) is 0.385. The molecule has 9 heteroatoms. The summed E-state index contributed by atoms with van der Waals surface area (Å²) >= 11 is 0. The number of fused-ring (bicyclic) bond motifs is 1. The number of hydrogen-bond acceptors (Lipinski definition) is 3. The van der Waals surface area contributed by atoms with Crippen molar-refractivity contribution in [3.05, 3.63) is 65.7 Å².